The number of hydrogen-bond acceptors (Lipinski definition) is 7. The zero-order chi connectivity index (χ0) is 20.9. The van der Waals surface area contributed by atoms with Gasteiger partial charge in [-0.05, 0) is 94.2 Å². The average Bonchev–Trinajstić information content (AvgIpc) is 2.73. The summed E-state index contributed by atoms with van der Waals surface area (Å²) in [6, 6.07) is 16.9. The molecule has 156 valence electrons. The van der Waals surface area contributed by atoms with Gasteiger partial charge in [-0.2, -0.15) is 0 Å². The Morgan fingerprint density at radius 2 is 1.69 bits per heavy atom. The molecule has 0 saturated carbocycles. The monoisotopic (exact) mass is 431 g/mol. The molecule has 0 aliphatic carbocycles. The van der Waals surface area contributed by atoms with Crippen molar-refractivity contribution in [2.45, 2.75) is 29.6 Å². The number of carbonyl (C=O) groups excluding carboxylic acids is 1. The Morgan fingerprint density at radius 3 is 2.31 bits per heavy atom. The molecule has 0 atom stereocenters. The van der Waals surface area contributed by atoms with Crippen molar-refractivity contribution in [3.8, 4) is 0 Å². The highest BCUT2D eigenvalue weighted by Gasteiger charge is 2.38. The average molecular weight is 432 g/mol. The van der Waals surface area contributed by atoms with Gasteiger partial charge in [0.25, 0.3) is 0 Å². The van der Waals surface area contributed by atoms with E-state index in [9.17, 15) is 4.79 Å². The number of ether oxygens (including phenoxy) is 1. The van der Waals surface area contributed by atoms with Crippen LogP contribution in [-0.2, 0) is 9.53 Å². The number of nitrogens with one attached hydrogen (secondary N) is 1. The fourth-order valence-corrected chi connectivity index (χ4v) is 4.77. The number of hydrogen-bond donors (Lipinski definition) is 1. The first-order chi connectivity index (χ1) is 13.9. The highest BCUT2D eigenvalue weighted by atomic mass is 32.2. The predicted molar refractivity (Wildman–Crippen MR) is 123 cm³/mol. The summed E-state index contributed by atoms with van der Waals surface area (Å²) in [7, 11) is 5.56. The summed E-state index contributed by atoms with van der Waals surface area (Å²) >= 11 is 3.32. The lowest BCUT2D eigenvalue weighted by molar-refractivity contribution is -0.152. The van der Waals surface area contributed by atoms with Crippen LogP contribution in [0.1, 0.15) is 19.8 Å². The highest BCUT2D eigenvalue weighted by Crippen LogP contribution is 2.37. The molecule has 1 N–H and O–H groups in total. The summed E-state index contributed by atoms with van der Waals surface area (Å²) in [6.07, 6.45) is 1.60. The van der Waals surface area contributed by atoms with Crippen LogP contribution in [0.4, 0.5) is 11.4 Å². The Kier molecular flexibility index (Phi) is 7.38. The lowest BCUT2D eigenvalue weighted by Gasteiger charge is -2.39. The van der Waals surface area contributed by atoms with Gasteiger partial charge >= 0.3 is 5.97 Å². The molecule has 0 unspecified atom stereocenters. The largest absolute Gasteiger partial charge is 0.469 e. The first kappa shape index (κ1) is 21.9. The highest BCUT2D eigenvalue weighted by molar-refractivity contribution is 8.00. The molecule has 2 aromatic carbocycles. The Balaban J connectivity index is 1.63. The first-order valence-corrected chi connectivity index (χ1v) is 11.3. The summed E-state index contributed by atoms with van der Waals surface area (Å²) < 4.78 is 10.6. The summed E-state index contributed by atoms with van der Waals surface area (Å²) in [6.45, 7) is 3.69. The first-order valence-electron chi connectivity index (χ1n) is 9.72. The second-order valence-corrected chi connectivity index (χ2v) is 9.90. The third-order valence-corrected chi connectivity index (χ3v) is 6.86. The number of rotatable bonds is 7. The maximum atomic E-state index is 12.1. The minimum atomic E-state index is -0.380. The number of nitrogens with zero attached hydrogens (tertiary/aromatic N) is 2. The van der Waals surface area contributed by atoms with Crippen LogP contribution in [-0.4, -0.2) is 44.6 Å². The molecule has 3 rings (SSSR count). The van der Waals surface area contributed by atoms with Crippen molar-refractivity contribution < 1.29 is 9.53 Å². The van der Waals surface area contributed by atoms with Gasteiger partial charge in [0.1, 0.15) is 0 Å². The molecular formula is C22H29N3O2S2. The van der Waals surface area contributed by atoms with Gasteiger partial charge in [0.05, 0.1) is 23.9 Å². The quantitative estimate of drug-likeness (QED) is 0.480. The van der Waals surface area contributed by atoms with Crippen LogP contribution >= 0.6 is 23.9 Å². The molecule has 1 aliphatic heterocycles. The second kappa shape index (κ2) is 9.78. The van der Waals surface area contributed by atoms with E-state index in [1.807, 2.05) is 27.1 Å². The van der Waals surface area contributed by atoms with Crippen LogP contribution in [0.3, 0.4) is 0 Å². The van der Waals surface area contributed by atoms with E-state index in [2.05, 4.69) is 56.4 Å². The minimum Gasteiger partial charge on any atom is -0.469 e. The maximum Gasteiger partial charge on any atom is 0.311 e. The van der Waals surface area contributed by atoms with Crippen LogP contribution in [0, 0.1) is 5.41 Å². The van der Waals surface area contributed by atoms with Crippen molar-refractivity contribution in [2.75, 3.05) is 43.9 Å². The minimum absolute atomic E-state index is 0.102. The molecule has 0 bridgehead atoms. The molecular weight excluding hydrogens is 402 g/mol. The SMILES string of the molecule is COC(=O)C1(C)CCN(c2ccccc2NSc2ccc(SN(C)C)cc2)CC1. The molecule has 0 spiro atoms. The molecule has 2 aromatic rings. The van der Waals surface area contributed by atoms with Crippen LogP contribution in [0.2, 0.25) is 0 Å². The zero-order valence-electron chi connectivity index (χ0n) is 17.5. The van der Waals surface area contributed by atoms with Crippen LogP contribution in [0.15, 0.2) is 58.3 Å². The summed E-state index contributed by atoms with van der Waals surface area (Å²) in [4.78, 5) is 16.8. The molecule has 7 heteroatoms. The van der Waals surface area contributed by atoms with E-state index >= 15 is 0 Å². The van der Waals surface area contributed by atoms with E-state index in [0.29, 0.717) is 0 Å². The van der Waals surface area contributed by atoms with Crippen molar-refractivity contribution in [3.63, 3.8) is 0 Å². The Labute approximate surface area is 182 Å². The fraction of sp³-hybridized carbons (Fsp3) is 0.409. The summed E-state index contributed by atoms with van der Waals surface area (Å²) in [5.41, 5.74) is 1.88. The zero-order valence-corrected chi connectivity index (χ0v) is 19.1. The number of carbonyl (C=O) groups is 1. The Hall–Kier alpha value is -1.83. The van der Waals surface area contributed by atoms with Crippen molar-refractivity contribution >= 4 is 41.2 Å². The predicted octanol–water partition coefficient (Wildman–Crippen LogP) is 5.15. The normalized spacial score (nSPS) is 16.0. The molecule has 5 nitrogen and oxygen atoms in total. The topological polar surface area (TPSA) is 44.8 Å². The lowest BCUT2D eigenvalue weighted by atomic mass is 9.80. The standard InChI is InChI=1S/C22H29N3O2S2/c1-22(21(26)27-4)13-15-25(16-14-22)20-8-6-5-7-19(20)23-28-17-9-11-18(12-10-17)29-24(2)3/h5-12,23H,13-16H2,1-4H3. The molecule has 0 radical (unpaired) electrons. The molecule has 1 saturated heterocycles. The molecule has 1 aliphatic rings. The number of para-hydroxylation sites is 2. The van der Waals surface area contributed by atoms with Crippen LogP contribution in [0.25, 0.3) is 0 Å². The summed E-state index contributed by atoms with van der Waals surface area (Å²) in [5, 5.41) is 0. The summed E-state index contributed by atoms with van der Waals surface area (Å²) in [5.74, 6) is -0.102. The molecule has 29 heavy (non-hydrogen) atoms. The van der Waals surface area contributed by atoms with Gasteiger partial charge in [-0.15, -0.1) is 0 Å². The van der Waals surface area contributed by atoms with Gasteiger partial charge in [-0.1, -0.05) is 12.1 Å². The second-order valence-electron chi connectivity index (χ2n) is 7.64. The number of anilines is 2. The van der Waals surface area contributed by atoms with Gasteiger partial charge in [0.15, 0.2) is 0 Å². The third-order valence-electron chi connectivity index (χ3n) is 5.18. The maximum absolute atomic E-state index is 12.1. The molecule has 1 heterocycles. The van der Waals surface area contributed by atoms with Gasteiger partial charge in [-0.25, -0.2) is 0 Å². The van der Waals surface area contributed by atoms with E-state index < -0.39 is 0 Å². The Morgan fingerprint density at radius 1 is 1.07 bits per heavy atom. The number of methoxy groups -OCH3 is 1. The van der Waals surface area contributed by atoms with E-state index in [4.69, 9.17) is 4.74 Å². The number of benzene rings is 2. The van der Waals surface area contributed by atoms with E-state index in [1.165, 1.54) is 22.6 Å². The van der Waals surface area contributed by atoms with Gasteiger partial charge in [0, 0.05) is 22.9 Å². The van der Waals surface area contributed by atoms with Crippen molar-refractivity contribution in [3.05, 3.63) is 48.5 Å². The van der Waals surface area contributed by atoms with Gasteiger partial charge in [0.2, 0.25) is 0 Å². The smallest absolute Gasteiger partial charge is 0.311 e. The van der Waals surface area contributed by atoms with Gasteiger partial charge < -0.3 is 14.4 Å². The van der Waals surface area contributed by atoms with Crippen LogP contribution < -0.4 is 9.62 Å². The van der Waals surface area contributed by atoms with E-state index in [0.717, 1.165) is 31.6 Å². The number of esters is 1. The molecule has 0 aromatic heterocycles. The lowest BCUT2D eigenvalue weighted by Crippen LogP contribution is -2.43. The van der Waals surface area contributed by atoms with E-state index in [-0.39, 0.29) is 11.4 Å². The third kappa shape index (κ3) is 5.62. The Bertz CT molecular complexity index is 819. The van der Waals surface area contributed by atoms with Crippen LogP contribution in [0.5, 0.6) is 0 Å². The number of piperidine rings is 1. The fourth-order valence-electron chi connectivity index (χ4n) is 3.42. The molecule has 0 amide bonds. The van der Waals surface area contributed by atoms with Crippen molar-refractivity contribution in [1.29, 1.82) is 0 Å². The van der Waals surface area contributed by atoms with Gasteiger partial charge in [-0.3, -0.25) is 9.10 Å². The molecule has 1 fully saturated rings. The van der Waals surface area contributed by atoms with E-state index in [1.54, 1.807) is 23.9 Å². The van der Waals surface area contributed by atoms with Crippen molar-refractivity contribution in [2.24, 2.45) is 5.41 Å². The van der Waals surface area contributed by atoms with Crippen molar-refractivity contribution in [1.82, 2.24) is 4.31 Å².